The fourth-order valence-corrected chi connectivity index (χ4v) is 4.09. The van der Waals surface area contributed by atoms with Crippen molar-refractivity contribution in [2.45, 2.75) is 64.0 Å². The summed E-state index contributed by atoms with van der Waals surface area (Å²) in [4.78, 5) is 37.4. The van der Waals surface area contributed by atoms with E-state index >= 15 is 0 Å². The van der Waals surface area contributed by atoms with Gasteiger partial charge in [0.15, 0.2) is 0 Å². The third-order valence-corrected chi connectivity index (χ3v) is 5.55. The Hall–Kier alpha value is -2.92. The molecular formula is C23H30N4O4. The lowest BCUT2D eigenvalue weighted by atomic mass is 9.86. The molecule has 2 aliphatic heterocycles. The molecule has 1 atom stereocenters. The summed E-state index contributed by atoms with van der Waals surface area (Å²) in [5.41, 5.74) is 1.79. The molecule has 2 N–H and O–H groups in total. The molecule has 1 unspecified atom stereocenters. The van der Waals surface area contributed by atoms with E-state index in [9.17, 15) is 19.6 Å². The zero-order valence-corrected chi connectivity index (χ0v) is 18.4. The number of nitriles is 1. The minimum atomic E-state index is -0.485. The summed E-state index contributed by atoms with van der Waals surface area (Å²) in [7, 11) is 0. The van der Waals surface area contributed by atoms with Crippen LogP contribution in [0.4, 0.5) is 5.69 Å². The van der Waals surface area contributed by atoms with Gasteiger partial charge >= 0.3 is 5.97 Å². The number of imide groups is 1. The van der Waals surface area contributed by atoms with Crippen LogP contribution in [-0.2, 0) is 19.1 Å². The second-order valence-corrected chi connectivity index (χ2v) is 9.20. The lowest BCUT2D eigenvalue weighted by Gasteiger charge is -2.32. The van der Waals surface area contributed by atoms with E-state index < -0.39 is 11.6 Å². The van der Waals surface area contributed by atoms with Gasteiger partial charge in [-0.3, -0.25) is 24.6 Å². The summed E-state index contributed by atoms with van der Waals surface area (Å²) in [6.07, 6.45) is 2.45. The third-order valence-electron chi connectivity index (χ3n) is 5.55. The van der Waals surface area contributed by atoms with Crippen LogP contribution in [0.5, 0.6) is 0 Å². The molecule has 8 heteroatoms. The number of hydrogen-bond acceptors (Lipinski definition) is 7. The van der Waals surface area contributed by atoms with E-state index in [2.05, 4.69) is 21.6 Å². The first-order valence-electron chi connectivity index (χ1n) is 10.7. The highest BCUT2D eigenvalue weighted by molar-refractivity contribution is 6.01. The molecule has 1 aromatic carbocycles. The van der Waals surface area contributed by atoms with Gasteiger partial charge in [0.2, 0.25) is 11.8 Å². The van der Waals surface area contributed by atoms with Crippen LogP contribution in [0.1, 0.15) is 63.5 Å². The van der Waals surface area contributed by atoms with Crippen LogP contribution in [0.25, 0.3) is 0 Å². The number of rotatable bonds is 5. The molecule has 8 nitrogen and oxygen atoms in total. The maximum absolute atomic E-state index is 12.1. The van der Waals surface area contributed by atoms with Gasteiger partial charge in [-0.25, -0.2) is 0 Å². The number of ether oxygens (including phenoxy) is 1. The van der Waals surface area contributed by atoms with E-state index in [1.165, 1.54) is 0 Å². The number of nitrogens with one attached hydrogen (secondary N) is 2. The van der Waals surface area contributed by atoms with Crippen molar-refractivity contribution in [3.63, 3.8) is 0 Å². The van der Waals surface area contributed by atoms with Gasteiger partial charge in [0.05, 0.1) is 18.2 Å². The monoisotopic (exact) mass is 426 g/mol. The molecule has 2 saturated heterocycles. The number of piperidine rings is 2. The number of hydrogen-bond donors (Lipinski definition) is 2. The highest BCUT2D eigenvalue weighted by Gasteiger charge is 2.28. The SMILES string of the molecule is CC(C)(C)OC(=O)CN1CCC(c2ccc(NC3CCC(=O)NC3=O)cc2C#N)CC1. The maximum Gasteiger partial charge on any atom is 0.320 e. The lowest BCUT2D eigenvalue weighted by Crippen LogP contribution is -2.47. The van der Waals surface area contributed by atoms with Crippen LogP contribution in [0.2, 0.25) is 0 Å². The van der Waals surface area contributed by atoms with Crippen molar-refractivity contribution in [3.8, 4) is 6.07 Å². The predicted molar refractivity (Wildman–Crippen MR) is 115 cm³/mol. The minimum absolute atomic E-state index is 0.215. The Labute approximate surface area is 182 Å². The first-order chi connectivity index (χ1) is 14.6. The van der Waals surface area contributed by atoms with Crippen LogP contribution in [0.3, 0.4) is 0 Å². The average Bonchev–Trinajstić information content (AvgIpc) is 2.69. The topological polar surface area (TPSA) is 112 Å². The predicted octanol–water partition coefficient (Wildman–Crippen LogP) is 2.30. The molecule has 0 spiro atoms. The Balaban J connectivity index is 1.58. The van der Waals surface area contributed by atoms with E-state index in [1.54, 1.807) is 6.07 Å². The van der Waals surface area contributed by atoms with Gasteiger partial charge < -0.3 is 10.1 Å². The molecule has 1 aromatic rings. The molecule has 2 heterocycles. The van der Waals surface area contributed by atoms with E-state index in [0.717, 1.165) is 31.5 Å². The largest absolute Gasteiger partial charge is 0.459 e. The van der Waals surface area contributed by atoms with Crippen LogP contribution >= 0.6 is 0 Å². The lowest BCUT2D eigenvalue weighted by molar-refractivity contribution is -0.156. The average molecular weight is 427 g/mol. The van der Waals surface area contributed by atoms with Gasteiger partial charge in [-0.2, -0.15) is 5.26 Å². The summed E-state index contributed by atoms with van der Waals surface area (Å²) < 4.78 is 5.40. The van der Waals surface area contributed by atoms with Crippen molar-refractivity contribution in [2.75, 3.05) is 25.0 Å². The molecule has 3 rings (SSSR count). The fourth-order valence-electron chi connectivity index (χ4n) is 4.09. The standard InChI is InChI=1S/C23H30N4O4/c1-23(2,3)31-21(29)14-27-10-8-15(9-11-27)18-5-4-17(12-16(18)13-24)25-19-6-7-20(28)26-22(19)30/h4-5,12,15,19,25H,6-11,14H2,1-3H3,(H,26,28,30). The Morgan fingerprint density at radius 1 is 1.26 bits per heavy atom. The summed E-state index contributed by atoms with van der Waals surface area (Å²) >= 11 is 0. The van der Waals surface area contributed by atoms with Gasteiger partial charge in [-0.15, -0.1) is 0 Å². The zero-order valence-electron chi connectivity index (χ0n) is 18.4. The second kappa shape index (κ2) is 9.48. The number of carbonyl (C=O) groups excluding carboxylic acids is 3. The van der Waals surface area contributed by atoms with E-state index in [4.69, 9.17) is 4.74 Å². The zero-order chi connectivity index (χ0) is 22.6. The molecule has 0 radical (unpaired) electrons. The summed E-state index contributed by atoms with van der Waals surface area (Å²) in [5, 5.41) is 15.1. The molecule has 2 fully saturated rings. The van der Waals surface area contributed by atoms with Crippen LogP contribution in [0, 0.1) is 11.3 Å². The van der Waals surface area contributed by atoms with E-state index in [0.29, 0.717) is 24.1 Å². The Bertz CT molecular complexity index is 892. The van der Waals surface area contributed by atoms with Crippen molar-refractivity contribution in [3.05, 3.63) is 29.3 Å². The molecule has 2 aliphatic rings. The molecule has 0 aliphatic carbocycles. The van der Waals surface area contributed by atoms with Crippen LogP contribution < -0.4 is 10.6 Å². The van der Waals surface area contributed by atoms with E-state index in [1.807, 2.05) is 32.9 Å². The molecule has 0 bridgehead atoms. The number of likely N-dealkylation sites (tertiary alicyclic amines) is 1. The Kier molecular flexibility index (Phi) is 6.96. The molecule has 0 aromatic heterocycles. The van der Waals surface area contributed by atoms with Crippen LogP contribution in [-0.4, -0.2) is 54.0 Å². The Morgan fingerprint density at radius 2 is 1.97 bits per heavy atom. The molecular weight excluding hydrogens is 396 g/mol. The first kappa shape index (κ1) is 22.8. The molecule has 166 valence electrons. The first-order valence-corrected chi connectivity index (χ1v) is 10.7. The highest BCUT2D eigenvalue weighted by Crippen LogP contribution is 2.32. The normalized spacial score (nSPS) is 20.6. The van der Waals surface area contributed by atoms with Crippen molar-refractivity contribution in [1.29, 1.82) is 5.26 Å². The van der Waals surface area contributed by atoms with Crippen molar-refractivity contribution >= 4 is 23.5 Å². The van der Waals surface area contributed by atoms with Crippen molar-refractivity contribution in [1.82, 2.24) is 10.2 Å². The number of nitrogens with zero attached hydrogens (tertiary/aromatic N) is 2. The molecule has 0 saturated carbocycles. The summed E-state index contributed by atoms with van der Waals surface area (Å²) in [5.74, 6) is -0.563. The summed E-state index contributed by atoms with van der Waals surface area (Å²) in [6, 6.07) is 7.39. The number of esters is 1. The quantitative estimate of drug-likeness (QED) is 0.549. The fraction of sp³-hybridized carbons (Fsp3) is 0.565. The number of benzene rings is 1. The smallest absolute Gasteiger partial charge is 0.320 e. The number of amides is 2. The van der Waals surface area contributed by atoms with Crippen LogP contribution in [0.15, 0.2) is 18.2 Å². The van der Waals surface area contributed by atoms with Crippen molar-refractivity contribution in [2.24, 2.45) is 0 Å². The van der Waals surface area contributed by atoms with Gasteiger partial charge in [0.25, 0.3) is 0 Å². The molecule has 31 heavy (non-hydrogen) atoms. The van der Waals surface area contributed by atoms with E-state index in [-0.39, 0.29) is 30.2 Å². The second-order valence-electron chi connectivity index (χ2n) is 9.20. The third kappa shape index (κ3) is 6.28. The minimum Gasteiger partial charge on any atom is -0.459 e. The van der Waals surface area contributed by atoms with Gasteiger partial charge in [-0.1, -0.05) is 6.07 Å². The molecule has 2 amide bonds. The number of anilines is 1. The Morgan fingerprint density at radius 3 is 2.58 bits per heavy atom. The van der Waals surface area contributed by atoms with Gasteiger partial charge in [0.1, 0.15) is 11.6 Å². The maximum atomic E-state index is 12.1. The van der Waals surface area contributed by atoms with Gasteiger partial charge in [-0.05, 0) is 76.7 Å². The van der Waals surface area contributed by atoms with Gasteiger partial charge in [0, 0.05) is 12.1 Å². The highest BCUT2D eigenvalue weighted by atomic mass is 16.6. The summed E-state index contributed by atoms with van der Waals surface area (Å²) in [6.45, 7) is 7.40. The van der Waals surface area contributed by atoms with Crippen molar-refractivity contribution < 1.29 is 19.1 Å². The number of carbonyl (C=O) groups is 3.